The molecule has 192 valence electrons. The molecule has 3 N–H and O–H groups in total. The smallest absolute Gasteiger partial charge is 0.308 e. The van der Waals surface area contributed by atoms with Gasteiger partial charge >= 0.3 is 5.97 Å². The highest BCUT2D eigenvalue weighted by Gasteiger charge is 2.47. The van der Waals surface area contributed by atoms with Crippen LogP contribution in [0.3, 0.4) is 0 Å². The molecule has 0 spiro atoms. The van der Waals surface area contributed by atoms with Crippen molar-refractivity contribution in [3.05, 3.63) is 70.9 Å². The molecule has 3 saturated carbocycles. The second kappa shape index (κ2) is 9.41. The molecule has 7 rings (SSSR count). The van der Waals surface area contributed by atoms with Gasteiger partial charge in [0.05, 0.1) is 27.7 Å². The fourth-order valence-corrected chi connectivity index (χ4v) is 6.62. The lowest BCUT2D eigenvalue weighted by molar-refractivity contribution is -0.148. The highest BCUT2D eigenvalue weighted by Crippen LogP contribution is 2.47. The number of hydrogen-bond donors (Lipinski definition) is 3. The van der Waals surface area contributed by atoms with Gasteiger partial charge in [-0.3, -0.25) is 4.79 Å². The van der Waals surface area contributed by atoms with Gasteiger partial charge in [-0.1, -0.05) is 41.9 Å². The van der Waals surface area contributed by atoms with E-state index in [1.165, 1.54) is 12.1 Å². The van der Waals surface area contributed by atoms with Crippen molar-refractivity contribution in [2.75, 3.05) is 5.32 Å². The maximum Gasteiger partial charge on any atom is 0.308 e. The number of fused-ring (bicyclic) bond motifs is 4. The van der Waals surface area contributed by atoms with Gasteiger partial charge in [0.25, 0.3) is 0 Å². The topological polar surface area (TPSA) is 102 Å². The Balaban J connectivity index is 1.58. The molecule has 9 heteroatoms. The van der Waals surface area contributed by atoms with E-state index in [4.69, 9.17) is 11.6 Å². The number of carbonyl (C=O) groups is 1. The van der Waals surface area contributed by atoms with E-state index in [0.29, 0.717) is 22.0 Å². The first kappa shape index (κ1) is 24.4. The van der Waals surface area contributed by atoms with Crippen molar-refractivity contribution < 1.29 is 18.7 Å². The highest BCUT2D eigenvalue weighted by molar-refractivity contribution is 6.35. The number of benzene rings is 2. The number of pyridine rings is 1. The van der Waals surface area contributed by atoms with Gasteiger partial charge in [-0.05, 0) is 55.2 Å². The number of nitriles is 1. The van der Waals surface area contributed by atoms with Crippen LogP contribution < -0.4 is 5.32 Å². The Hall–Kier alpha value is -3.96. The number of rotatable bonds is 5. The fourth-order valence-electron chi connectivity index (χ4n) is 6.36. The van der Waals surface area contributed by atoms with E-state index >= 15 is 4.39 Å². The molecule has 0 unspecified atom stereocenters. The number of aromatic nitrogens is 2. The summed E-state index contributed by atoms with van der Waals surface area (Å²) in [6, 6.07) is 12.7. The number of nitrogens with one attached hydrogen (secondary N) is 2. The van der Waals surface area contributed by atoms with E-state index < -0.39 is 29.6 Å². The minimum absolute atomic E-state index is 0.0134. The predicted molar refractivity (Wildman–Crippen MR) is 141 cm³/mol. The van der Waals surface area contributed by atoms with Crippen molar-refractivity contribution >= 4 is 34.3 Å². The molecule has 2 atom stereocenters. The molecule has 0 radical (unpaired) electrons. The number of H-pyrrole nitrogens is 1. The molecule has 4 aromatic rings. The third-order valence-electron chi connectivity index (χ3n) is 8.08. The summed E-state index contributed by atoms with van der Waals surface area (Å²) in [4.78, 5) is 19.8. The van der Waals surface area contributed by atoms with Crippen LogP contribution in [0.4, 0.5) is 14.6 Å². The Labute approximate surface area is 222 Å². The summed E-state index contributed by atoms with van der Waals surface area (Å²) in [6.07, 6.45) is 4.97. The third-order valence-corrected chi connectivity index (χ3v) is 8.38. The first-order valence-electron chi connectivity index (χ1n) is 12.5. The standard InChI is InChI=1S/C29H23ClF2N4O2/c30-21-11-17(31)10-18-20(13-34-27(18)21)26-19(12-33)22(14-4-2-1-3-5-14)24(32)28(36-26)35-25-16-8-6-15(7-9-16)23(25)29(37)38/h1-5,10-11,13,15-16,23,25,34H,6-9H2,(H,35,36)(H,37,38)/t15?,16?,23-,25-/m1/s1. The molecule has 2 aromatic carbocycles. The normalized spacial score (nSPS) is 22.4. The van der Waals surface area contributed by atoms with Crippen molar-refractivity contribution in [2.24, 2.45) is 17.8 Å². The summed E-state index contributed by atoms with van der Waals surface area (Å²) in [5, 5.41) is 24.0. The van der Waals surface area contributed by atoms with Crippen LogP contribution in [-0.4, -0.2) is 27.1 Å². The minimum atomic E-state index is -0.906. The Morgan fingerprint density at radius 2 is 1.84 bits per heavy atom. The molecule has 38 heavy (non-hydrogen) atoms. The Morgan fingerprint density at radius 1 is 1.13 bits per heavy atom. The van der Waals surface area contributed by atoms with Crippen LogP contribution in [0.2, 0.25) is 5.02 Å². The van der Waals surface area contributed by atoms with Crippen molar-refractivity contribution in [2.45, 2.75) is 31.7 Å². The Bertz CT molecular complexity index is 1610. The second-order valence-corrected chi connectivity index (χ2v) is 10.5. The number of nitrogens with zero attached hydrogens (tertiary/aromatic N) is 2. The maximum atomic E-state index is 16.3. The van der Waals surface area contributed by atoms with E-state index in [1.54, 1.807) is 36.5 Å². The molecule has 3 fully saturated rings. The van der Waals surface area contributed by atoms with Crippen LogP contribution in [0.25, 0.3) is 33.3 Å². The van der Waals surface area contributed by atoms with Crippen molar-refractivity contribution in [1.29, 1.82) is 5.26 Å². The van der Waals surface area contributed by atoms with Gasteiger partial charge in [0.1, 0.15) is 11.9 Å². The third kappa shape index (κ3) is 3.89. The zero-order valence-corrected chi connectivity index (χ0v) is 20.9. The van der Waals surface area contributed by atoms with Gasteiger partial charge in [-0.2, -0.15) is 5.26 Å². The molecule has 6 nitrogen and oxygen atoms in total. The molecular formula is C29H23ClF2N4O2. The lowest BCUT2D eigenvalue weighted by atomic mass is 9.61. The lowest BCUT2D eigenvalue weighted by Gasteiger charge is -2.47. The summed E-state index contributed by atoms with van der Waals surface area (Å²) in [6.45, 7) is 0. The summed E-state index contributed by atoms with van der Waals surface area (Å²) in [5.41, 5.74) is 1.50. The summed E-state index contributed by atoms with van der Waals surface area (Å²) < 4.78 is 30.6. The van der Waals surface area contributed by atoms with Crippen molar-refractivity contribution in [3.8, 4) is 28.5 Å². The number of hydrogen-bond acceptors (Lipinski definition) is 4. The largest absolute Gasteiger partial charge is 0.481 e. The number of carboxylic acids is 1. The fraction of sp³-hybridized carbons (Fsp3) is 0.276. The minimum Gasteiger partial charge on any atom is -0.481 e. The van der Waals surface area contributed by atoms with Crippen LogP contribution in [0, 0.1) is 40.7 Å². The van der Waals surface area contributed by atoms with Gasteiger partial charge in [0, 0.05) is 28.8 Å². The highest BCUT2D eigenvalue weighted by atomic mass is 35.5. The average Bonchev–Trinajstić information content (AvgIpc) is 3.34. The molecule has 2 bridgehead atoms. The first-order chi connectivity index (χ1) is 18.4. The van der Waals surface area contributed by atoms with Crippen LogP contribution in [0.5, 0.6) is 0 Å². The van der Waals surface area contributed by atoms with E-state index in [-0.39, 0.29) is 39.5 Å². The molecule has 0 aliphatic heterocycles. The molecule has 0 saturated heterocycles. The van der Waals surface area contributed by atoms with Crippen molar-refractivity contribution in [1.82, 2.24) is 9.97 Å². The van der Waals surface area contributed by atoms with Gasteiger partial charge in [-0.25, -0.2) is 13.8 Å². The zero-order chi connectivity index (χ0) is 26.6. The SMILES string of the molecule is N#Cc1c(-c2c[nH]c3c(Cl)cc(F)cc23)nc(N[C@@H]2C3CCC(CC3)[C@H]2C(=O)O)c(F)c1-c1ccccc1. The number of aliphatic carboxylic acids is 1. The predicted octanol–water partition coefficient (Wildman–Crippen LogP) is 7.00. The van der Waals surface area contributed by atoms with Gasteiger partial charge in [0.2, 0.25) is 0 Å². The van der Waals surface area contributed by atoms with E-state index in [2.05, 4.69) is 21.4 Å². The van der Waals surface area contributed by atoms with Gasteiger partial charge in [-0.15, -0.1) is 0 Å². The Kier molecular flexibility index (Phi) is 6.04. The molecule has 2 heterocycles. The van der Waals surface area contributed by atoms with Crippen LogP contribution >= 0.6 is 11.6 Å². The van der Waals surface area contributed by atoms with Crippen LogP contribution in [0.1, 0.15) is 31.2 Å². The van der Waals surface area contributed by atoms with E-state index in [0.717, 1.165) is 25.7 Å². The maximum absolute atomic E-state index is 16.3. The molecule has 3 aliphatic rings. The van der Waals surface area contributed by atoms with Gasteiger partial charge < -0.3 is 15.4 Å². The van der Waals surface area contributed by atoms with Crippen LogP contribution in [-0.2, 0) is 4.79 Å². The monoisotopic (exact) mass is 532 g/mol. The first-order valence-corrected chi connectivity index (χ1v) is 12.9. The summed E-state index contributed by atoms with van der Waals surface area (Å²) in [5.74, 6) is -2.90. The average molecular weight is 533 g/mol. The zero-order valence-electron chi connectivity index (χ0n) is 20.1. The quantitative estimate of drug-likeness (QED) is 0.257. The molecule has 0 amide bonds. The molecule has 2 aromatic heterocycles. The number of aromatic amines is 1. The molecule has 3 aliphatic carbocycles. The second-order valence-electron chi connectivity index (χ2n) is 10.1. The van der Waals surface area contributed by atoms with Gasteiger partial charge in [0.15, 0.2) is 11.6 Å². The molecular weight excluding hydrogens is 510 g/mol. The van der Waals surface area contributed by atoms with E-state index in [9.17, 15) is 19.6 Å². The summed E-state index contributed by atoms with van der Waals surface area (Å²) in [7, 11) is 0. The Morgan fingerprint density at radius 3 is 2.53 bits per heavy atom. The van der Waals surface area contributed by atoms with Crippen LogP contribution in [0.15, 0.2) is 48.7 Å². The lowest BCUT2D eigenvalue weighted by Crippen LogP contribution is -2.51. The number of anilines is 1. The number of carboxylic acid groups (broad SMARTS) is 1. The summed E-state index contributed by atoms with van der Waals surface area (Å²) >= 11 is 6.25. The van der Waals surface area contributed by atoms with E-state index in [1.807, 2.05) is 0 Å². The van der Waals surface area contributed by atoms with Crippen molar-refractivity contribution in [3.63, 3.8) is 0 Å². The number of halogens is 3.